The van der Waals surface area contributed by atoms with Crippen molar-refractivity contribution in [1.82, 2.24) is 15.2 Å². The van der Waals surface area contributed by atoms with Crippen LogP contribution in [-0.2, 0) is 0 Å². The molecular weight excluding hydrogens is 274 g/mol. The first-order chi connectivity index (χ1) is 10.7. The molecule has 2 rings (SSSR count). The van der Waals surface area contributed by atoms with Crippen LogP contribution < -0.4 is 10.2 Å². The molecule has 0 amide bonds. The first-order valence-electron chi connectivity index (χ1n) is 8.00. The molecule has 5 heteroatoms. The molecule has 1 N–H and O–H groups in total. The summed E-state index contributed by atoms with van der Waals surface area (Å²) in [5, 5.41) is 11.7. The van der Waals surface area contributed by atoms with Gasteiger partial charge in [-0.25, -0.2) is 0 Å². The number of aromatic nitrogens is 3. The molecule has 1 atom stereocenters. The van der Waals surface area contributed by atoms with Crippen molar-refractivity contribution < 1.29 is 0 Å². The highest BCUT2D eigenvalue weighted by Gasteiger charge is 2.11. The molecule has 2 aromatic rings. The van der Waals surface area contributed by atoms with Crippen molar-refractivity contribution in [2.75, 3.05) is 23.3 Å². The van der Waals surface area contributed by atoms with E-state index in [-0.39, 0.29) is 6.04 Å². The molecule has 0 bridgehead atoms. The first kappa shape index (κ1) is 16.2. The summed E-state index contributed by atoms with van der Waals surface area (Å²) < 4.78 is 0. The number of rotatable bonds is 8. The van der Waals surface area contributed by atoms with Crippen molar-refractivity contribution >= 4 is 11.8 Å². The van der Waals surface area contributed by atoms with Gasteiger partial charge in [-0.1, -0.05) is 44.2 Å². The Morgan fingerprint density at radius 2 is 1.77 bits per heavy atom. The summed E-state index contributed by atoms with van der Waals surface area (Å²) in [6.45, 7) is 8.35. The zero-order valence-corrected chi connectivity index (χ0v) is 13.7. The van der Waals surface area contributed by atoms with Gasteiger partial charge in [-0.05, 0) is 25.3 Å². The fourth-order valence-corrected chi connectivity index (χ4v) is 2.40. The van der Waals surface area contributed by atoms with Gasteiger partial charge in [0, 0.05) is 19.1 Å². The van der Waals surface area contributed by atoms with Gasteiger partial charge in [0.1, 0.15) is 0 Å². The summed E-state index contributed by atoms with van der Waals surface area (Å²) in [7, 11) is 0. The van der Waals surface area contributed by atoms with Crippen LogP contribution in [0.25, 0.3) is 0 Å². The largest absolute Gasteiger partial charge is 0.362 e. The summed E-state index contributed by atoms with van der Waals surface area (Å²) in [6.07, 6.45) is 3.82. The fraction of sp³-hybridized carbons (Fsp3) is 0.471. The lowest BCUT2D eigenvalue weighted by Crippen LogP contribution is -2.27. The van der Waals surface area contributed by atoms with Crippen molar-refractivity contribution in [3.05, 3.63) is 42.1 Å². The average Bonchev–Trinajstić information content (AvgIpc) is 2.56. The summed E-state index contributed by atoms with van der Waals surface area (Å²) in [5.41, 5.74) is 1.22. The van der Waals surface area contributed by atoms with E-state index in [1.807, 2.05) is 18.2 Å². The molecule has 1 unspecified atom stereocenters. The predicted molar refractivity (Wildman–Crippen MR) is 91.1 cm³/mol. The highest BCUT2D eigenvalue weighted by Crippen LogP contribution is 2.18. The third kappa shape index (κ3) is 4.41. The van der Waals surface area contributed by atoms with Crippen LogP contribution in [0.15, 0.2) is 36.5 Å². The highest BCUT2D eigenvalue weighted by molar-refractivity contribution is 5.41. The summed E-state index contributed by atoms with van der Waals surface area (Å²) in [5.74, 6) is 1.47. The molecule has 0 spiro atoms. The number of hydrogen-bond acceptors (Lipinski definition) is 5. The Bertz CT molecular complexity index is 552. The standard InChI is InChI=1S/C17H25N5/c1-4-11-22(12-5-2)17-20-16(13-18-21-17)19-14(3)15-9-7-6-8-10-15/h6-10,13-14H,4-5,11-12H2,1-3H3,(H,19,20,21). The summed E-state index contributed by atoms with van der Waals surface area (Å²) >= 11 is 0. The smallest absolute Gasteiger partial charge is 0.247 e. The second kappa shape index (κ2) is 8.32. The van der Waals surface area contributed by atoms with Crippen LogP contribution in [0.3, 0.4) is 0 Å². The van der Waals surface area contributed by atoms with E-state index in [0.29, 0.717) is 5.95 Å². The minimum atomic E-state index is 0.177. The van der Waals surface area contributed by atoms with E-state index in [9.17, 15) is 0 Å². The lowest BCUT2D eigenvalue weighted by atomic mass is 10.1. The van der Waals surface area contributed by atoms with Gasteiger partial charge in [-0.2, -0.15) is 10.1 Å². The molecule has 1 heterocycles. The SMILES string of the molecule is CCCN(CCC)c1nncc(NC(C)c2ccccc2)n1. The van der Waals surface area contributed by atoms with E-state index in [2.05, 4.69) is 58.3 Å². The van der Waals surface area contributed by atoms with Crippen molar-refractivity contribution in [3.8, 4) is 0 Å². The Kier molecular flexibility index (Phi) is 6.13. The number of nitrogens with zero attached hydrogens (tertiary/aromatic N) is 4. The van der Waals surface area contributed by atoms with E-state index < -0.39 is 0 Å². The van der Waals surface area contributed by atoms with Gasteiger partial charge in [0.15, 0.2) is 5.82 Å². The minimum Gasteiger partial charge on any atom is -0.362 e. The molecule has 0 fully saturated rings. The second-order valence-electron chi connectivity index (χ2n) is 5.41. The molecule has 0 saturated carbocycles. The monoisotopic (exact) mass is 299 g/mol. The molecule has 118 valence electrons. The Hall–Kier alpha value is -2.17. The lowest BCUT2D eigenvalue weighted by molar-refractivity contribution is 0.709. The predicted octanol–water partition coefficient (Wildman–Crippen LogP) is 3.67. The van der Waals surface area contributed by atoms with E-state index in [4.69, 9.17) is 0 Å². The number of benzene rings is 1. The molecular formula is C17H25N5. The van der Waals surface area contributed by atoms with Crippen LogP contribution in [0.5, 0.6) is 0 Å². The van der Waals surface area contributed by atoms with Crippen molar-refractivity contribution in [3.63, 3.8) is 0 Å². The van der Waals surface area contributed by atoms with E-state index in [0.717, 1.165) is 31.7 Å². The van der Waals surface area contributed by atoms with E-state index in [1.165, 1.54) is 5.56 Å². The maximum absolute atomic E-state index is 4.62. The highest BCUT2D eigenvalue weighted by atomic mass is 15.3. The zero-order chi connectivity index (χ0) is 15.8. The van der Waals surface area contributed by atoms with Crippen LogP contribution in [0.1, 0.15) is 45.2 Å². The van der Waals surface area contributed by atoms with Gasteiger partial charge in [0.05, 0.1) is 6.20 Å². The first-order valence-corrected chi connectivity index (χ1v) is 8.00. The molecule has 0 radical (unpaired) electrons. The number of nitrogens with one attached hydrogen (secondary N) is 1. The van der Waals surface area contributed by atoms with Gasteiger partial charge in [-0.15, -0.1) is 5.10 Å². The lowest BCUT2D eigenvalue weighted by Gasteiger charge is -2.21. The van der Waals surface area contributed by atoms with Gasteiger partial charge >= 0.3 is 0 Å². The molecule has 0 aliphatic heterocycles. The summed E-state index contributed by atoms with van der Waals surface area (Å²) in [4.78, 5) is 6.80. The minimum absolute atomic E-state index is 0.177. The average molecular weight is 299 g/mol. The normalized spacial score (nSPS) is 12.0. The summed E-state index contributed by atoms with van der Waals surface area (Å²) in [6, 6.07) is 10.5. The maximum Gasteiger partial charge on any atom is 0.247 e. The van der Waals surface area contributed by atoms with Crippen LogP contribution in [0, 0.1) is 0 Å². The van der Waals surface area contributed by atoms with Gasteiger partial charge < -0.3 is 10.2 Å². The van der Waals surface area contributed by atoms with Gasteiger partial charge in [-0.3, -0.25) is 0 Å². The van der Waals surface area contributed by atoms with E-state index in [1.54, 1.807) is 6.20 Å². The zero-order valence-electron chi connectivity index (χ0n) is 13.7. The third-order valence-corrected chi connectivity index (χ3v) is 3.48. The van der Waals surface area contributed by atoms with Crippen LogP contribution >= 0.6 is 0 Å². The molecule has 5 nitrogen and oxygen atoms in total. The molecule has 0 aliphatic carbocycles. The van der Waals surface area contributed by atoms with E-state index >= 15 is 0 Å². The maximum atomic E-state index is 4.62. The molecule has 22 heavy (non-hydrogen) atoms. The molecule has 0 saturated heterocycles. The van der Waals surface area contributed by atoms with Crippen LogP contribution in [0.4, 0.5) is 11.8 Å². The third-order valence-electron chi connectivity index (χ3n) is 3.48. The Morgan fingerprint density at radius 3 is 2.41 bits per heavy atom. The van der Waals surface area contributed by atoms with Gasteiger partial charge in [0.2, 0.25) is 5.95 Å². The van der Waals surface area contributed by atoms with Crippen LogP contribution in [0.2, 0.25) is 0 Å². The molecule has 1 aromatic carbocycles. The quantitative estimate of drug-likeness (QED) is 0.806. The topological polar surface area (TPSA) is 53.9 Å². The van der Waals surface area contributed by atoms with Gasteiger partial charge in [0.25, 0.3) is 0 Å². The second-order valence-corrected chi connectivity index (χ2v) is 5.41. The number of hydrogen-bond donors (Lipinski definition) is 1. The Labute approximate surface area is 132 Å². The Balaban J connectivity index is 2.10. The number of anilines is 2. The van der Waals surface area contributed by atoms with Crippen molar-refractivity contribution in [2.24, 2.45) is 0 Å². The molecule has 1 aromatic heterocycles. The fourth-order valence-electron chi connectivity index (χ4n) is 2.40. The Morgan fingerprint density at radius 1 is 1.09 bits per heavy atom. The van der Waals surface area contributed by atoms with Crippen molar-refractivity contribution in [1.29, 1.82) is 0 Å². The molecule has 0 aliphatic rings. The van der Waals surface area contributed by atoms with Crippen molar-refractivity contribution in [2.45, 2.75) is 39.7 Å². The van der Waals surface area contributed by atoms with Crippen LogP contribution in [-0.4, -0.2) is 28.3 Å².